The summed E-state index contributed by atoms with van der Waals surface area (Å²) in [5.41, 5.74) is 4.62. The number of benzene rings is 2. The zero-order chi connectivity index (χ0) is 22.8. The van der Waals surface area contributed by atoms with Crippen molar-refractivity contribution in [2.75, 3.05) is 16.8 Å². The molecular weight excluding hydrogens is 404 g/mol. The Bertz CT molecular complexity index is 1250. The second-order valence-corrected chi connectivity index (χ2v) is 8.31. The number of carbonyl (C=O) groups excluding carboxylic acids is 2. The van der Waals surface area contributed by atoms with E-state index in [0.717, 1.165) is 28.8 Å². The fraction of sp³-hybridized carbons (Fsp3) is 0.280. The monoisotopic (exact) mass is 430 g/mol. The number of aryl methyl sites for hydroxylation is 1. The Morgan fingerprint density at radius 2 is 1.88 bits per heavy atom. The first-order valence-electron chi connectivity index (χ1n) is 10.7. The van der Waals surface area contributed by atoms with Crippen molar-refractivity contribution in [3.63, 3.8) is 0 Å². The maximum atomic E-state index is 12.9. The van der Waals surface area contributed by atoms with Crippen LogP contribution in [-0.2, 0) is 22.6 Å². The molecule has 2 aromatic carbocycles. The summed E-state index contributed by atoms with van der Waals surface area (Å²) in [5, 5.41) is 7.37. The molecule has 4 rings (SSSR count). The number of anilines is 2. The van der Waals surface area contributed by atoms with Gasteiger partial charge in [0.1, 0.15) is 6.54 Å². The van der Waals surface area contributed by atoms with Gasteiger partial charge in [0.05, 0.1) is 5.69 Å². The van der Waals surface area contributed by atoms with Crippen molar-refractivity contribution in [1.29, 1.82) is 0 Å². The van der Waals surface area contributed by atoms with Crippen LogP contribution in [-0.4, -0.2) is 28.1 Å². The number of hydrogen-bond donors (Lipinski definition) is 1. The summed E-state index contributed by atoms with van der Waals surface area (Å²) in [7, 11) is 0. The van der Waals surface area contributed by atoms with Crippen LogP contribution in [0.4, 0.5) is 11.4 Å². The zero-order valence-corrected chi connectivity index (χ0v) is 18.5. The average Bonchev–Trinajstić information content (AvgIpc) is 3.21. The van der Waals surface area contributed by atoms with Gasteiger partial charge in [-0.05, 0) is 42.7 Å². The lowest BCUT2D eigenvalue weighted by atomic mass is 10.1. The quantitative estimate of drug-likeness (QED) is 0.672. The molecule has 0 spiro atoms. The smallest absolute Gasteiger partial charge is 0.267 e. The van der Waals surface area contributed by atoms with Crippen LogP contribution >= 0.6 is 0 Å². The molecule has 1 N–H and O–H groups in total. The predicted molar refractivity (Wildman–Crippen MR) is 125 cm³/mol. The Labute approximate surface area is 186 Å². The van der Waals surface area contributed by atoms with Gasteiger partial charge < -0.3 is 10.2 Å². The lowest BCUT2D eigenvalue weighted by Crippen LogP contribution is -2.36. The number of carbonyl (C=O) groups is 2. The summed E-state index contributed by atoms with van der Waals surface area (Å²) in [6.07, 6.45) is 0.804. The molecule has 1 aliphatic heterocycles. The lowest BCUT2D eigenvalue weighted by Gasteiger charge is -2.18. The highest BCUT2D eigenvalue weighted by Gasteiger charge is 2.24. The van der Waals surface area contributed by atoms with E-state index in [1.165, 1.54) is 10.7 Å². The van der Waals surface area contributed by atoms with Gasteiger partial charge in [-0.15, -0.1) is 0 Å². The Kier molecular flexibility index (Phi) is 5.90. The Hall–Kier alpha value is -3.74. The molecule has 1 aliphatic rings. The highest BCUT2D eigenvalue weighted by atomic mass is 16.2. The van der Waals surface area contributed by atoms with Gasteiger partial charge in [0.25, 0.3) is 5.56 Å². The largest absolute Gasteiger partial charge is 0.326 e. The van der Waals surface area contributed by atoms with E-state index in [0.29, 0.717) is 17.9 Å². The molecule has 2 heterocycles. The van der Waals surface area contributed by atoms with Crippen molar-refractivity contribution >= 4 is 23.2 Å². The second kappa shape index (κ2) is 8.78. The molecule has 0 saturated carbocycles. The van der Waals surface area contributed by atoms with Crippen LogP contribution in [0.25, 0.3) is 11.3 Å². The van der Waals surface area contributed by atoms with E-state index in [1.54, 1.807) is 11.0 Å². The molecule has 0 fully saturated rings. The Morgan fingerprint density at radius 1 is 1.09 bits per heavy atom. The van der Waals surface area contributed by atoms with E-state index in [4.69, 9.17) is 0 Å². The van der Waals surface area contributed by atoms with Crippen LogP contribution in [0.2, 0.25) is 0 Å². The number of aromatic nitrogens is 2. The van der Waals surface area contributed by atoms with Crippen molar-refractivity contribution in [3.05, 3.63) is 76.1 Å². The lowest BCUT2D eigenvalue weighted by molar-refractivity contribution is -0.119. The molecular formula is C25H26N4O3. The normalized spacial score (nSPS) is 12.7. The molecule has 0 aliphatic carbocycles. The number of nitrogens with one attached hydrogen (secondary N) is 1. The average molecular weight is 431 g/mol. The first kappa shape index (κ1) is 21.5. The molecule has 1 aromatic heterocycles. The number of rotatable bonds is 5. The number of hydrogen-bond acceptors (Lipinski definition) is 4. The minimum atomic E-state index is -0.338. The molecule has 7 heteroatoms. The van der Waals surface area contributed by atoms with Crippen LogP contribution in [0.5, 0.6) is 0 Å². The molecule has 0 saturated heterocycles. The van der Waals surface area contributed by atoms with Crippen LogP contribution in [0.3, 0.4) is 0 Å². The molecule has 32 heavy (non-hydrogen) atoms. The van der Waals surface area contributed by atoms with Gasteiger partial charge in [0.15, 0.2) is 0 Å². The van der Waals surface area contributed by atoms with Gasteiger partial charge >= 0.3 is 0 Å². The molecule has 3 aromatic rings. The van der Waals surface area contributed by atoms with Gasteiger partial charge in [-0.2, -0.15) is 5.10 Å². The Morgan fingerprint density at radius 3 is 2.66 bits per heavy atom. The SMILES string of the molecule is Cc1ccc(-c2ccc(=O)n(CC(=O)N3CCc4ccccc43)n2)cc1NC(=O)C(C)C. The van der Waals surface area contributed by atoms with Crippen LogP contribution in [0, 0.1) is 12.8 Å². The van der Waals surface area contributed by atoms with E-state index < -0.39 is 0 Å². The fourth-order valence-corrected chi connectivity index (χ4v) is 3.72. The third-order valence-electron chi connectivity index (χ3n) is 5.66. The van der Waals surface area contributed by atoms with Crippen LogP contribution in [0.1, 0.15) is 25.0 Å². The van der Waals surface area contributed by atoms with Crippen molar-refractivity contribution in [2.24, 2.45) is 5.92 Å². The molecule has 2 amide bonds. The summed E-state index contributed by atoms with van der Waals surface area (Å²) in [5.74, 6) is -0.380. The maximum absolute atomic E-state index is 12.9. The van der Waals surface area contributed by atoms with E-state index in [-0.39, 0.29) is 29.8 Å². The number of nitrogens with zero attached hydrogens (tertiary/aromatic N) is 3. The molecule has 0 unspecified atom stereocenters. The minimum Gasteiger partial charge on any atom is -0.326 e. The Balaban J connectivity index is 1.59. The van der Waals surface area contributed by atoms with Gasteiger partial charge in [0.2, 0.25) is 11.8 Å². The number of fused-ring (bicyclic) bond motifs is 1. The summed E-state index contributed by atoms with van der Waals surface area (Å²) in [6.45, 7) is 6.05. The summed E-state index contributed by atoms with van der Waals surface area (Å²) >= 11 is 0. The third-order valence-corrected chi connectivity index (χ3v) is 5.66. The minimum absolute atomic E-state index is 0.0697. The van der Waals surface area contributed by atoms with E-state index in [9.17, 15) is 14.4 Å². The van der Waals surface area contributed by atoms with Gasteiger partial charge in [-0.1, -0.05) is 44.2 Å². The first-order chi connectivity index (χ1) is 15.3. The summed E-state index contributed by atoms with van der Waals surface area (Å²) in [4.78, 5) is 39.2. The van der Waals surface area contributed by atoms with Gasteiger partial charge in [0, 0.05) is 35.5 Å². The third kappa shape index (κ3) is 4.32. The predicted octanol–water partition coefficient (Wildman–Crippen LogP) is 3.40. The summed E-state index contributed by atoms with van der Waals surface area (Å²) in [6, 6.07) is 16.5. The topological polar surface area (TPSA) is 84.3 Å². The van der Waals surface area contributed by atoms with E-state index in [1.807, 2.05) is 63.2 Å². The van der Waals surface area contributed by atoms with Gasteiger partial charge in [-0.25, -0.2) is 4.68 Å². The van der Waals surface area contributed by atoms with Gasteiger partial charge in [-0.3, -0.25) is 14.4 Å². The number of para-hydroxylation sites is 1. The second-order valence-electron chi connectivity index (χ2n) is 8.31. The van der Waals surface area contributed by atoms with E-state index in [2.05, 4.69) is 10.4 Å². The summed E-state index contributed by atoms with van der Waals surface area (Å²) < 4.78 is 1.20. The molecule has 0 bridgehead atoms. The van der Waals surface area contributed by atoms with Crippen molar-refractivity contribution in [1.82, 2.24) is 9.78 Å². The van der Waals surface area contributed by atoms with E-state index >= 15 is 0 Å². The van der Waals surface area contributed by atoms with Crippen molar-refractivity contribution < 1.29 is 9.59 Å². The molecule has 7 nitrogen and oxygen atoms in total. The highest BCUT2D eigenvalue weighted by Crippen LogP contribution is 2.28. The van der Waals surface area contributed by atoms with Crippen LogP contribution < -0.4 is 15.8 Å². The maximum Gasteiger partial charge on any atom is 0.267 e. The molecule has 0 radical (unpaired) electrons. The van der Waals surface area contributed by atoms with Crippen molar-refractivity contribution in [3.8, 4) is 11.3 Å². The first-order valence-corrected chi connectivity index (χ1v) is 10.7. The standard InChI is InChI=1S/C25H26N4O3/c1-16(2)25(32)26-21-14-19(9-8-17(21)3)20-10-11-23(30)29(27-20)15-24(31)28-13-12-18-6-4-5-7-22(18)28/h4-11,14,16H,12-13,15H2,1-3H3,(H,26,32). The highest BCUT2D eigenvalue weighted by molar-refractivity contribution is 5.95. The zero-order valence-electron chi connectivity index (χ0n) is 18.5. The number of amides is 2. The van der Waals surface area contributed by atoms with Crippen molar-refractivity contribution in [2.45, 2.75) is 33.7 Å². The fourth-order valence-electron chi connectivity index (χ4n) is 3.72. The molecule has 164 valence electrons. The van der Waals surface area contributed by atoms with Crippen LogP contribution in [0.15, 0.2) is 59.4 Å². The molecule has 0 atom stereocenters.